The zero-order chi connectivity index (χ0) is 15.5. The lowest BCUT2D eigenvalue weighted by atomic mass is 9.90. The van der Waals surface area contributed by atoms with Crippen LogP contribution in [0.5, 0.6) is 0 Å². The average molecular weight is 286 g/mol. The van der Waals surface area contributed by atoms with Crippen molar-refractivity contribution < 1.29 is 0 Å². The second-order valence-corrected chi connectivity index (χ2v) is 5.85. The molecule has 3 aromatic carbocycles. The Labute approximate surface area is 133 Å². The van der Waals surface area contributed by atoms with Crippen molar-refractivity contribution in [3.05, 3.63) is 83.4 Å². The van der Waals surface area contributed by atoms with Gasteiger partial charge >= 0.3 is 0 Å². The van der Waals surface area contributed by atoms with Crippen LogP contribution < -0.4 is 0 Å². The summed E-state index contributed by atoms with van der Waals surface area (Å²) in [6, 6.07) is 24.0. The van der Waals surface area contributed by atoms with E-state index < -0.39 is 0 Å². The van der Waals surface area contributed by atoms with Crippen molar-refractivity contribution in [3.63, 3.8) is 0 Å². The van der Waals surface area contributed by atoms with Gasteiger partial charge in [0.15, 0.2) is 0 Å². The number of rotatable bonds is 3. The first kappa shape index (κ1) is 14.6. The Hall–Kier alpha value is -2.34. The Kier molecular flexibility index (Phi) is 4.11. The lowest BCUT2D eigenvalue weighted by molar-refractivity contribution is 1.11. The fourth-order valence-corrected chi connectivity index (χ4v) is 3.15. The molecular formula is C22H22. The van der Waals surface area contributed by atoms with Crippen molar-refractivity contribution in [3.8, 4) is 22.3 Å². The minimum atomic E-state index is 1.07. The van der Waals surface area contributed by atoms with Gasteiger partial charge in [-0.2, -0.15) is 0 Å². The molecule has 0 spiro atoms. The second-order valence-electron chi connectivity index (χ2n) is 5.85. The maximum atomic E-state index is 2.33. The van der Waals surface area contributed by atoms with E-state index in [4.69, 9.17) is 0 Å². The largest absolute Gasteiger partial charge is 0.0622 e. The highest BCUT2D eigenvalue weighted by molar-refractivity contribution is 5.77. The Balaban J connectivity index is 2.18. The molecule has 3 aromatic rings. The zero-order valence-electron chi connectivity index (χ0n) is 13.6. The van der Waals surface area contributed by atoms with Crippen molar-refractivity contribution in [2.75, 3.05) is 0 Å². The minimum Gasteiger partial charge on any atom is -0.0622 e. The van der Waals surface area contributed by atoms with Gasteiger partial charge < -0.3 is 0 Å². The molecule has 0 aromatic heterocycles. The van der Waals surface area contributed by atoms with Gasteiger partial charge in [-0.3, -0.25) is 0 Å². The molecule has 22 heavy (non-hydrogen) atoms. The van der Waals surface area contributed by atoms with Gasteiger partial charge in [-0.1, -0.05) is 67.6 Å². The molecule has 0 bridgehead atoms. The predicted octanol–water partition coefficient (Wildman–Crippen LogP) is 6.20. The molecule has 0 nitrogen and oxygen atoms in total. The summed E-state index contributed by atoms with van der Waals surface area (Å²) >= 11 is 0. The van der Waals surface area contributed by atoms with E-state index in [1.54, 1.807) is 0 Å². The molecule has 0 heteroatoms. The molecule has 0 atom stereocenters. The number of aryl methyl sites for hydroxylation is 2. The smallest absolute Gasteiger partial charge is 0.0146 e. The van der Waals surface area contributed by atoms with Gasteiger partial charge in [-0.25, -0.2) is 0 Å². The van der Waals surface area contributed by atoms with Crippen molar-refractivity contribution in [1.82, 2.24) is 0 Å². The third-order valence-electron chi connectivity index (χ3n) is 4.40. The van der Waals surface area contributed by atoms with Crippen LogP contribution in [0.3, 0.4) is 0 Å². The first-order valence-corrected chi connectivity index (χ1v) is 7.95. The van der Waals surface area contributed by atoms with Crippen molar-refractivity contribution in [2.45, 2.75) is 27.2 Å². The van der Waals surface area contributed by atoms with Crippen LogP contribution in [0.2, 0.25) is 0 Å². The fourth-order valence-electron chi connectivity index (χ4n) is 3.15. The maximum absolute atomic E-state index is 2.33. The molecule has 0 unspecified atom stereocenters. The van der Waals surface area contributed by atoms with Crippen molar-refractivity contribution >= 4 is 0 Å². The topological polar surface area (TPSA) is 0 Å². The molecule has 0 fully saturated rings. The minimum absolute atomic E-state index is 1.07. The molecule has 3 rings (SSSR count). The van der Waals surface area contributed by atoms with E-state index in [2.05, 4.69) is 87.5 Å². The molecule has 0 aliphatic carbocycles. The van der Waals surface area contributed by atoms with E-state index >= 15 is 0 Å². The van der Waals surface area contributed by atoms with Crippen LogP contribution in [0.15, 0.2) is 66.7 Å². The first-order valence-electron chi connectivity index (χ1n) is 7.95. The zero-order valence-corrected chi connectivity index (χ0v) is 13.6. The third-order valence-corrected chi connectivity index (χ3v) is 4.40. The van der Waals surface area contributed by atoms with Crippen LogP contribution in [0, 0.1) is 13.8 Å². The van der Waals surface area contributed by atoms with Crippen LogP contribution in [-0.4, -0.2) is 0 Å². The van der Waals surface area contributed by atoms with Gasteiger partial charge in [0, 0.05) is 0 Å². The molecule has 0 amide bonds. The Morgan fingerprint density at radius 3 is 2.14 bits per heavy atom. The lowest BCUT2D eigenvalue weighted by Gasteiger charge is -2.15. The molecule has 0 aliphatic rings. The third kappa shape index (κ3) is 2.69. The highest BCUT2D eigenvalue weighted by Gasteiger charge is 2.10. The van der Waals surface area contributed by atoms with E-state index in [0.29, 0.717) is 0 Å². The number of hydrogen-bond acceptors (Lipinski definition) is 0. The standard InChI is InChI=1S/C22H22/c1-4-20-16(2)9-8-12-21(20)22-15-19(14-13-17(22)3)18-10-6-5-7-11-18/h5-15H,4H2,1-3H3. The summed E-state index contributed by atoms with van der Waals surface area (Å²) in [6.07, 6.45) is 1.07. The predicted molar refractivity (Wildman–Crippen MR) is 96.2 cm³/mol. The maximum Gasteiger partial charge on any atom is -0.0146 e. The van der Waals surface area contributed by atoms with Crippen LogP contribution in [0.1, 0.15) is 23.6 Å². The molecule has 0 heterocycles. The first-order chi connectivity index (χ1) is 10.7. The summed E-state index contributed by atoms with van der Waals surface area (Å²) in [5.41, 5.74) is 9.44. The summed E-state index contributed by atoms with van der Waals surface area (Å²) in [7, 11) is 0. The van der Waals surface area contributed by atoms with E-state index in [1.165, 1.54) is 38.9 Å². The highest BCUT2D eigenvalue weighted by Crippen LogP contribution is 2.32. The van der Waals surface area contributed by atoms with E-state index in [1.807, 2.05) is 0 Å². The fraction of sp³-hybridized carbons (Fsp3) is 0.182. The van der Waals surface area contributed by atoms with Gasteiger partial charge in [-0.05, 0) is 65.3 Å². The lowest BCUT2D eigenvalue weighted by Crippen LogP contribution is -1.94. The molecule has 0 saturated carbocycles. The Morgan fingerprint density at radius 2 is 1.41 bits per heavy atom. The molecule has 0 radical (unpaired) electrons. The monoisotopic (exact) mass is 286 g/mol. The van der Waals surface area contributed by atoms with Gasteiger partial charge in [0.05, 0.1) is 0 Å². The summed E-state index contributed by atoms with van der Waals surface area (Å²) in [5, 5.41) is 0. The van der Waals surface area contributed by atoms with Gasteiger partial charge in [0.2, 0.25) is 0 Å². The molecular weight excluding hydrogens is 264 g/mol. The average Bonchev–Trinajstić information content (AvgIpc) is 2.56. The summed E-state index contributed by atoms with van der Waals surface area (Å²) in [5.74, 6) is 0. The van der Waals surface area contributed by atoms with Crippen LogP contribution in [-0.2, 0) is 6.42 Å². The quantitative estimate of drug-likeness (QED) is 0.537. The summed E-state index contributed by atoms with van der Waals surface area (Å²) < 4.78 is 0. The summed E-state index contributed by atoms with van der Waals surface area (Å²) in [6.45, 7) is 6.65. The van der Waals surface area contributed by atoms with Crippen LogP contribution >= 0.6 is 0 Å². The van der Waals surface area contributed by atoms with E-state index in [0.717, 1.165) is 6.42 Å². The molecule has 0 saturated heterocycles. The van der Waals surface area contributed by atoms with Gasteiger partial charge in [-0.15, -0.1) is 0 Å². The number of benzene rings is 3. The van der Waals surface area contributed by atoms with Gasteiger partial charge in [0.25, 0.3) is 0 Å². The van der Waals surface area contributed by atoms with Crippen molar-refractivity contribution in [1.29, 1.82) is 0 Å². The Morgan fingerprint density at radius 1 is 0.636 bits per heavy atom. The second kappa shape index (κ2) is 6.19. The van der Waals surface area contributed by atoms with E-state index in [9.17, 15) is 0 Å². The molecule has 110 valence electrons. The SMILES string of the molecule is CCc1c(C)cccc1-c1cc(-c2ccccc2)ccc1C. The normalized spacial score (nSPS) is 10.7. The molecule has 0 N–H and O–H groups in total. The van der Waals surface area contributed by atoms with Crippen LogP contribution in [0.4, 0.5) is 0 Å². The van der Waals surface area contributed by atoms with Gasteiger partial charge in [0.1, 0.15) is 0 Å². The Bertz CT molecular complexity index is 782. The van der Waals surface area contributed by atoms with E-state index in [-0.39, 0.29) is 0 Å². The molecule has 0 aliphatic heterocycles. The summed E-state index contributed by atoms with van der Waals surface area (Å²) in [4.78, 5) is 0. The van der Waals surface area contributed by atoms with Crippen LogP contribution in [0.25, 0.3) is 22.3 Å². The highest BCUT2D eigenvalue weighted by atomic mass is 14.1. The van der Waals surface area contributed by atoms with Crippen molar-refractivity contribution in [2.24, 2.45) is 0 Å². The number of hydrogen-bond donors (Lipinski definition) is 0.